The molecule has 1 aromatic carbocycles. The van der Waals surface area contributed by atoms with E-state index in [0.29, 0.717) is 0 Å². The summed E-state index contributed by atoms with van der Waals surface area (Å²) in [5, 5.41) is 0. The molecule has 0 amide bonds. The van der Waals surface area contributed by atoms with Gasteiger partial charge in [-0.1, -0.05) is 34.6 Å². The molecule has 1 rings (SSSR count). The lowest BCUT2D eigenvalue weighted by Gasteiger charge is -2.30. The van der Waals surface area contributed by atoms with Crippen molar-refractivity contribution in [2.24, 2.45) is 0 Å². The molecule has 0 unspecified atom stereocenters. The van der Waals surface area contributed by atoms with Gasteiger partial charge in [-0.15, -0.1) is 0 Å². The zero-order valence-corrected chi connectivity index (χ0v) is 12.9. The van der Waals surface area contributed by atoms with Gasteiger partial charge in [-0.25, -0.2) is 0 Å². The van der Waals surface area contributed by atoms with Gasteiger partial charge in [-0.2, -0.15) is 0 Å². The van der Waals surface area contributed by atoms with Gasteiger partial charge in [-0.05, 0) is 72.4 Å². The Labute approximate surface area is 107 Å². The fourth-order valence-electron chi connectivity index (χ4n) is 3.28. The molecular formula is C17H28. The minimum absolute atomic E-state index is 0.247. The van der Waals surface area contributed by atoms with Gasteiger partial charge < -0.3 is 0 Å². The Morgan fingerprint density at radius 3 is 1.53 bits per heavy atom. The Balaban J connectivity index is 3.73. The molecule has 0 radical (unpaired) electrons. The maximum atomic E-state index is 2.33. The van der Waals surface area contributed by atoms with Crippen LogP contribution in [0.4, 0.5) is 0 Å². The van der Waals surface area contributed by atoms with Crippen LogP contribution in [0.15, 0.2) is 0 Å². The maximum absolute atomic E-state index is 2.33. The van der Waals surface area contributed by atoms with Crippen molar-refractivity contribution in [3.63, 3.8) is 0 Å². The van der Waals surface area contributed by atoms with E-state index < -0.39 is 0 Å². The topological polar surface area (TPSA) is 0 Å². The molecule has 0 aliphatic rings. The van der Waals surface area contributed by atoms with E-state index >= 15 is 0 Å². The first-order valence-electron chi connectivity index (χ1n) is 6.87. The van der Waals surface area contributed by atoms with Crippen LogP contribution >= 0.6 is 0 Å². The van der Waals surface area contributed by atoms with Crippen LogP contribution < -0.4 is 0 Å². The summed E-state index contributed by atoms with van der Waals surface area (Å²) in [5.41, 5.74) is 9.51. The molecule has 0 nitrogen and oxygen atoms in total. The van der Waals surface area contributed by atoms with Gasteiger partial charge in [0.25, 0.3) is 0 Å². The summed E-state index contributed by atoms with van der Waals surface area (Å²) in [6.07, 6.45) is 2.29. The van der Waals surface area contributed by atoms with E-state index in [1.807, 2.05) is 0 Å². The van der Waals surface area contributed by atoms with Crippen LogP contribution in [0.3, 0.4) is 0 Å². The number of rotatable bonds is 2. The highest BCUT2D eigenvalue weighted by molar-refractivity contribution is 5.53. The fourth-order valence-corrected chi connectivity index (χ4v) is 3.28. The molecule has 0 heteroatoms. The first-order chi connectivity index (χ1) is 7.75. The standard InChI is InChI=1S/C17H28/c1-9-14-11(3)12(4)16(17(6,7)8)15(10-2)13(14)5/h9-10H2,1-8H3. The van der Waals surface area contributed by atoms with Crippen molar-refractivity contribution in [1.29, 1.82) is 0 Å². The van der Waals surface area contributed by atoms with Crippen LogP contribution in [-0.2, 0) is 18.3 Å². The van der Waals surface area contributed by atoms with Crippen molar-refractivity contribution < 1.29 is 0 Å². The molecule has 96 valence electrons. The fraction of sp³-hybridized carbons (Fsp3) is 0.647. The van der Waals surface area contributed by atoms with Crippen LogP contribution in [-0.4, -0.2) is 0 Å². The Bertz CT molecular complexity index is 417. The largest absolute Gasteiger partial charge is 0.0613 e. The normalized spacial score (nSPS) is 12.0. The molecule has 0 aromatic heterocycles. The van der Waals surface area contributed by atoms with Crippen molar-refractivity contribution in [3.05, 3.63) is 33.4 Å². The molecule has 17 heavy (non-hydrogen) atoms. The number of hydrogen-bond acceptors (Lipinski definition) is 0. The molecule has 0 fully saturated rings. The predicted molar refractivity (Wildman–Crippen MR) is 78.1 cm³/mol. The average molecular weight is 232 g/mol. The van der Waals surface area contributed by atoms with Crippen molar-refractivity contribution in [2.75, 3.05) is 0 Å². The summed E-state index contributed by atoms with van der Waals surface area (Å²) < 4.78 is 0. The number of hydrogen-bond donors (Lipinski definition) is 0. The van der Waals surface area contributed by atoms with Crippen molar-refractivity contribution >= 4 is 0 Å². The van der Waals surface area contributed by atoms with Gasteiger partial charge in [0, 0.05) is 0 Å². The van der Waals surface area contributed by atoms with Crippen LogP contribution in [0.2, 0.25) is 0 Å². The zero-order valence-electron chi connectivity index (χ0n) is 12.9. The minimum atomic E-state index is 0.247. The molecule has 0 bridgehead atoms. The lowest BCUT2D eigenvalue weighted by Crippen LogP contribution is -2.19. The maximum Gasteiger partial charge on any atom is -0.0126 e. The molecule has 1 aromatic rings. The summed E-state index contributed by atoms with van der Waals surface area (Å²) in [4.78, 5) is 0. The highest BCUT2D eigenvalue weighted by atomic mass is 14.3. The number of benzene rings is 1. The third-order valence-electron chi connectivity index (χ3n) is 4.05. The van der Waals surface area contributed by atoms with Crippen LogP contribution in [0.5, 0.6) is 0 Å². The Morgan fingerprint density at radius 2 is 1.18 bits per heavy atom. The average Bonchev–Trinajstić information content (AvgIpc) is 2.22. The summed E-state index contributed by atoms with van der Waals surface area (Å²) in [5.74, 6) is 0. The summed E-state index contributed by atoms with van der Waals surface area (Å²) in [6.45, 7) is 18.4. The molecule has 0 saturated heterocycles. The third kappa shape index (κ3) is 2.41. The zero-order chi connectivity index (χ0) is 13.4. The van der Waals surface area contributed by atoms with Crippen LogP contribution in [0.1, 0.15) is 68.0 Å². The van der Waals surface area contributed by atoms with Crippen LogP contribution in [0.25, 0.3) is 0 Å². The van der Waals surface area contributed by atoms with Gasteiger partial charge in [0.1, 0.15) is 0 Å². The van der Waals surface area contributed by atoms with Crippen molar-refractivity contribution in [2.45, 2.75) is 73.6 Å². The molecule has 0 atom stereocenters. The predicted octanol–water partition coefficient (Wildman–Crippen LogP) is 5.03. The van der Waals surface area contributed by atoms with Gasteiger partial charge in [0.15, 0.2) is 0 Å². The van der Waals surface area contributed by atoms with E-state index in [9.17, 15) is 0 Å². The van der Waals surface area contributed by atoms with E-state index in [1.54, 1.807) is 16.7 Å². The lowest BCUT2D eigenvalue weighted by molar-refractivity contribution is 0.576. The second kappa shape index (κ2) is 4.84. The minimum Gasteiger partial charge on any atom is -0.0613 e. The quantitative estimate of drug-likeness (QED) is 0.670. The molecule has 0 N–H and O–H groups in total. The highest BCUT2D eigenvalue weighted by Gasteiger charge is 2.23. The second-order valence-electron chi connectivity index (χ2n) is 6.16. The van der Waals surface area contributed by atoms with Gasteiger partial charge in [-0.3, -0.25) is 0 Å². The smallest absolute Gasteiger partial charge is 0.0126 e. The van der Waals surface area contributed by atoms with Crippen molar-refractivity contribution in [3.8, 4) is 0 Å². The molecule has 0 spiro atoms. The Morgan fingerprint density at radius 1 is 0.706 bits per heavy atom. The Kier molecular flexibility index (Phi) is 4.06. The van der Waals surface area contributed by atoms with E-state index in [0.717, 1.165) is 12.8 Å². The Hall–Kier alpha value is -0.780. The van der Waals surface area contributed by atoms with Crippen LogP contribution in [0, 0.1) is 20.8 Å². The summed E-state index contributed by atoms with van der Waals surface area (Å²) in [6, 6.07) is 0. The second-order valence-corrected chi connectivity index (χ2v) is 6.16. The van der Waals surface area contributed by atoms with Gasteiger partial charge in [0.2, 0.25) is 0 Å². The highest BCUT2D eigenvalue weighted by Crippen LogP contribution is 2.35. The van der Waals surface area contributed by atoms with E-state index in [2.05, 4.69) is 55.4 Å². The summed E-state index contributed by atoms with van der Waals surface area (Å²) >= 11 is 0. The lowest BCUT2D eigenvalue weighted by atomic mass is 9.75. The summed E-state index contributed by atoms with van der Waals surface area (Å²) in [7, 11) is 0. The third-order valence-corrected chi connectivity index (χ3v) is 4.05. The van der Waals surface area contributed by atoms with Gasteiger partial charge in [0.05, 0.1) is 0 Å². The van der Waals surface area contributed by atoms with E-state index in [1.165, 1.54) is 16.7 Å². The monoisotopic (exact) mass is 232 g/mol. The first-order valence-corrected chi connectivity index (χ1v) is 6.87. The molecular weight excluding hydrogens is 204 g/mol. The van der Waals surface area contributed by atoms with E-state index in [4.69, 9.17) is 0 Å². The van der Waals surface area contributed by atoms with Crippen molar-refractivity contribution in [1.82, 2.24) is 0 Å². The molecule has 0 heterocycles. The SMILES string of the molecule is CCc1c(C)c(C)c(C(C)(C)C)c(CC)c1C. The first kappa shape index (κ1) is 14.3. The van der Waals surface area contributed by atoms with E-state index in [-0.39, 0.29) is 5.41 Å². The molecule has 0 aliphatic heterocycles. The molecule has 0 aliphatic carbocycles. The van der Waals surface area contributed by atoms with Gasteiger partial charge >= 0.3 is 0 Å². The molecule has 0 saturated carbocycles.